The number of aryl methyl sites for hydroxylation is 1. The van der Waals surface area contributed by atoms with Crippen molar-refractivity contribution in [3.63, 3.8) is 0 Å². The molecule has 0 amide bonds. The number of hydrogen-bond donors (Lipinski definition) is 1. The van der Waals surface area contributed by atoms with Crippen LogP contribution in [0.25, 0.3) is 11.3 Å². The van der Waals surface area contributed by atoms with E-state index in [2.05, 4.69) is 4.98 Å². The van der Waals surface area contributed by atoms with Gasteiger partial charge in [0.25, 0.3) is 0 Å². The molecule has 2 rings (SSSR count). The Kier molecular flexibility index (Phi) is 3.37. The van der Waals surface area contributed by atoms with Gasteiger partial charge in [0.05, 0.1) is 11.3 Å². The highest BCUT2D eigenvalue weighted by molar-refractivity contribution is 5.61. The summed E-state index contributed by atoms with van der Waals surface area (Å²) in [4.78, 5) is 13.3. The van der Waals surface area contributed by atoms with E-state index in [0.717, 1.165) is 6.07 Å². The van der Waals surface area contributed by atoms with Gasteiger partial charge < -0.3 is 4.98 Å². The minimum absolute atomic E-state index is 0.0144. The van der Waals surface area contributed by atoms with E-state index in [1.807, 2.05) is 0 Å². The quantitative estimate of drug-likeness (QED) is 0.799. The predicted molar refractivity (Wildman–Crippen MR) is 62.2 cm³/mol. The van der Waals surface area contributed by atoms with Gasteiger partial charge in [-0.3, -0.25) is 4.79 Å². The second-order valence-electron chi connectivity index (χ2n) is 4.20. The molecular formula is C13H8F5NO. The van der Waals surface area contributed by atoms with Crippen LogP contribution in [-0.2, 0) is 6.18 Å². The summed E-state index contributed by atoms with van der Waals surface area (Å²) in [6.45, 7) is 1.32. The van der Waals surface area contributed by atoms with Gasteiger partial charge in [-0.1, -0.05) is 6.07 Å². The summed E-state index contributed by atoms with van der Waals surface area (Å²) in [5, 5.41) is 0. The predicted octanol–water partition coefficient (Wildman–Crippen LogP) is 3.65. The fourth-order valence-electron chi connectivity index (χ4n) is 1.71. The Bertz CT molecular complexity index is 718. The van der Waals surface area contributed by atoms with Gasteiger partial charge in [0.15, 0.2) is 11.6 Å². The zero-order chi connectivity index (χ0) is 15.1. The Morgan fingerprint density at radius 1 is 1.05 bits per heavy atom. The lowest BCUT2D eigenvalue weighted by Crippen LogP contribution is -2.14. The van der Waals surface area contributed by atoms with Crippen LogP contribution in [0.1, 0.15) is 11.1 Å². The van der Waals surface area contributed by atoms with Crippen LogP contribution < -0.4 is 5.56 Å². The van der Waals surface area contributed by atoms with E-state index >= 15 is 0 Å². The Morgan fingerprint density at radius 2 is 1.70 bits per heavy atom. The molecule has 106 valence electrons. The van der Waals surface area contributed by atoms with Crippen molar-refractivity contribution in [2.75, 3.05) is 0 Å². The fourth-order valence-corrected chi connectivity index (χ4v) is 1.71. The van der Waals surface area contributed by atoms with Crippen LogP contribution in [0.2, 0.25) is 0 Å². The van der Waals surface area contributed by atoms with Crippen molar-refractivity contribution in [2.24, 2.45) is 0 Å². The first-order valence-electron chi connectivity index (χ1n) is 5.46. The summed E-state index contributed by atoms with van der Waals surface area (Å²) in [6, 6.07) is 3.24. The van der Waals surface area contributed by atoms with E-state index in [9.17, 15) is 26.7 Å². The molecular weight excluding hydrogens is 281 g/mol. The van der Waals surface area contributed by atoms with Crippen molar-refractivity contribution in [2.45, 2.75) is 13.1 Å². The number of halogens is 5. The van der Waals surface area contributed by atoms with E-state index in [-0.39, 0.29) is 5.56 Å². The number of H-pyrrole nitrogens is 1. The third-order valence-electron chi connectivity index (χ3n) is 2.74. The van der Waals surface area contributed by atoms with Gasteiger partial charge >= 0.3 is 6.18 Å². The average Bonchev–Trinajstić information content (AvgIpc) is 2.34. The zero-order valence-electron chi connectivity index (χ0n) is 10.1. The van der Waals surface area contributed by atoms with Gasteiger partial charge in [-0.25, -0.2) is 8.78 Å². The van der Waals surface area contributed by atoms with Crippen molar-refractivity contribution in [1.29, 1.82) is 0 Å². The second-order valence-corrected chi connectivity index (χ2v) is 4.20. The molecule has 0 atom stereocenters. The molecule has 7 heteroatoms. The van der Waals surface area contributed by atoms with Crippen molar-refractivity contribution < 1.29 is 22.0 Å². The summed E-state index contributed by atoms with van der Waals surface area (Å²) in [5.74, 6) is -2.47. The van der Waals surface area contributed by atoms with Crippen LogP contribution in [0.4, 0.5) is 22.0 Å². The highest BCUT2D eigenvalue weighted by Gasteiger charge is 2.31. The highest BCUT2D eigenvalue weighted by atomic mass is 19.4. The Balaban J connectivity index is 2.68. The Morgan fingerprint density at radius 3 is 2.30 bits per heavy atom. The van der Waals surface area contributed by atoms with E-state index in [4.69, 9.17) is 0 Å². The summed E-state index contributed by atoms with van der Waals surface area (Å²) < 4.78 is 64.9. The lowest BCUT2D eigenvalue weighted by atomic mass is 10.1. The molecule has 0 spiro atoms. The molecule has 0 saturated heterocycles. The summed E-state index contributed by atoms with van der Waals surface area (Å²) in [5.41, 5.74) is -3.12. The number of aromatic nitrogens is 1. The van der Waals surface area contributed by atoms with Crippen molar-refractivity contribution in [1.82, 2.24) is 4.98 Å². The van der Waals surface area contributed by atoms with Crippen molar-refractivity contribution in [3.8, 4) is 11.3 Å². The monoisotopic (exact) mass is 289 g/mol. The van der Waals surface area contributed by atoms with Gasteiger partial charge in [-0.05, 0) is 24.6 Å². The van der Waals surface area contributed by atoms with Gasteiger partial charge in [-0.2, -0.15) is 13.2 Å². The van der Waals surface area contributed by atoms with Crippen LogP contribution in [0, 0.1) is 18.6 Å². The third kappa shape index (κ3) is 2.56. The van der Waals surface area contributed by atoms with E-state index in [1.54, 1.807) is 0 Å². The number of benzene rings is 1. The molecule has 0 saturated carbocycles. The minimum atomic E-state index is -4.75. The molecule has 0 aliphatic heterocycles. The van der Waals surface area contributed by atoms with Gasteiger partial charge in [0.2, 0.25) is 5.56 Å². The molecule has 1 aromatic carbocycles. The molecule has 1 N–H and O–H groups in total. The summed E-state index contributed by atoms with van der Waals surface area (Å²) in [6.07, 6.45) is -4.75. The first kappa shape index (κ1) is 14.2. The van der Waals surface area contributed by atoms with E-state index in [1.165, 1.54) is 13.0 Å². The molecule has 0 unspecified atom stereocenters. The molecule has 20 heavy (non-hydrogen) atoms. The maximum absolute atomic E-state index is 13.7. The molecule has 0 bridgehead atoms. The number of alkyl halides is 3. The van der Waals surface area contributed by atoms with Crippen LogP contribution in [0.5, 0.6) is 0 Å². The summed E-state index contributed by atoms with van der Waals surface area (Å²) >= 11 is 0. The minimum Gasteiger partial charge on any atom is -0.322 e. The molecule has 0 aliphatic rings. The van der Waals surface area contributed by atoms with Crippen molar-refractivity contribution in [3.05, 3.63) is 57.4 Å². The van der Waals surface area contributed by atoms with Crippen LogP contribution >= 0.6 is 0 Å². The summed E-state index contributed by atoms with van der Waals surface area (Å²) in [7, 11) is 0. The molecule has 2 nitrogen and oxygen atoms in total. The van der Waals surface area contributed by atoms with Crippen LogP contribution in [0.15, 0.2) is 29.1 Å². The molecule has 2 aromatic rings. The fraction of sp³-hybridized carbons (Fsp3) is 0.154. The first-order valence-corrected chi connectivity index (χ1v) is 5.46. The van der Waals surface area contributed by atoms with E-state index in [0.29, 0.717) is 12.1 Å². The number of nitrogens with one attached hydrogen (secondary N) is 1. The Labute approximate surface area is 109 Å². The molecule has 0 fully saturated rings. The van der Waals surface area contributed by atoms with Crippen LogP contribution in [0.3, 0.4) is 0 Å². The van der Waals surface area contributed by atoms with Crippen molar-refractivity contribution >= 4 is 0 Å². The maximum atomic E-state index is 13.7. The first-order chi connectivity index (χ1) is 9.20. The average molecular weight is 289 g/mol. The molecule has 1 aromatic heterocycles. The maximum Gasteiger partial charge on any atom is 0.416 e. The normalized spacial score (nSPS) is 11.7. The molecule has 1 heterocycles. The Hall–Kier alpha value is -2.18. The number of rotatable bonds is 1. The molecule has 0 aliphatic carbocycles. The SMILES string of the molecule is Cc1ccc(-c2cc(C(F)(F)F)cc(=O)[nH]2)c(F)c1F. The van der Waals surface area contributed by atoms with E-state index < -0.39 is 40.2 Å². The number of aromatic amines is 1. The third-order valence-corrected chi connectivity index (χ3v) is 2.74. The van der Waals surface area contributed by atoms with Gasteiger partial charge in [0.1, 0.15) is 0 Å². The standard InChI is InChI=1S/C13H8F5NO/c1-6-2-3-8(12(15)11(6)14)9-4-7(13(16,17)18)5-10(20)19-9/h2-5H,1H3,(H,19,20). The number of hydrogen-bond acceptors (Lipinski definition) is 1. The van der Waals surface area contributed by atoms with Gasteiger partial charge in [-0.15, -0.1) is 0 Å². The lowest BCUT2D eigenvalue weighted by Gasteiger charge is -2.10. The molecule has 0 radical (unpaired) electrons. The van der Waals surface area contributed by atoms with Gasteiger partial charge in [0, 0.05) is 11.6 Å². The smallest absolute Gasteiger partial charge is 0.322 e. The number of pyridine rings is 1. The second kappa shape index (κ2) is 4.73. The van der Waals surface area contributed by atoms with Crippen LogP contribution in [-0.4, -0.2) is 4.98 Å². The lowest BCUT2D eigenvalue weighted by molar-refractivity contribution is -0.137. The largest absolute Gasteiger partial charge is 0.416 e. The topological polar surface area (TPSA) is 32.9 Å². The zero-order valence-corrected chi connectivity index (χ0v) is 10.1. The highest BCUT2D eigenvalue weighted by Crippen LogP contribution is 2.31.